The van der Waals surface area contributed by atoms with E-state index in [1.165, 1.54) is 6.92 Å². The van der Waals surface area contributed by atoms with E-state index >= 15 is 0 Å². The molecule has 0 saturated carbocycles. The quantitative estimate of drug-likeness (QED) is 0.569. The second kappa shape index (κ2) is 9.50. The number of rotatable bonds is 8. The molecule has 0 radical (unpaired) electrons. The van der Waals surface area contributed by atoms with Gasteiger partial charge in [0.2, 0.25) is 0 Å². The van der Waals surface area contributed by atoms with E-state index < -0.39 is 0 Å². The summed E-state index contributed by atoms with van der Waals surface area (Å²) < 4.78 is 5.20. The Morgan fingerprint density at radius 3 is 2.41 bits per heavy atom. The van der Waals surface area contributed by atoms with Crippen LogP contribution in [0.25, 0.3) is 0 Å². The zero-order valence-corrected chi connectivity index (χ0v) is 16.4. The van der Waals surface area contributed by atoms with Crippen LogP contribution in [0.1, 0.15) is 33.3 Å². The first-order chi connectivity index (χ1) is 14.0. The number of ether oxygens (including phenoxy) is 1. The van der Waals surface area contributed by atoms with Crippen molar-refractivity contribution in [1.82, 2.24) is 10.3 Å². The van der Waals surface area contributed by atoms with Crippen molar-refractivity contribution in [2.45, 2.75) is 13.3 Å². The average Bonchev–Trinajstić information content (AvgIpc) is 2.74. The predicted octanol–water partition coefficient (Wildman–Crippen LogP) is 4.01. The minimum atomic E-state index is -0.217. The molecule has 0 spiro atoms. The Morgan fingerprint density at radius 2 is 1.76 bits per heavy atom. The van der Waals surface area contributed by atoms with Crippen LogP contribution < -0.4 is 15.4 Å². The molecule has 0 aliphatic heterocycles. The van der Waals surface area contributed by atoms with Crippen LogP contribution in [0, 0.1) is 0 Å². The van der Waals surface area contributed by atoms with Crippen LogP contribution in [0.2, 0.25) is 0 Å². The van der Waals surface area contributed by atoms with Crippen molar-refractivity contribution in [3.05, 3.63) is 83.7 Å². The van der Waals surface area contributed by atoms with Gasteiger partial charge in [-0.2, -0.15) is 0 Å². The Bertz CT molecular complexity index is 983. The molecule has 6 heteroatoms. The molecule has 29 heavy (non-hydrogen) atoms. The molecule has 148 valence electrons. The largest absolute Gasteiger partial charge is 0.497 e. The lowest BCUT2D eigenvalue weighted by atomic mass is 10.1. The van der Waals surface area contributed by atoms with E-state index in [2.05, 4.69) is 15.6 Å². The lowest BCUT2D eigenvalue weighted by Crippen LogP contribution is -2.26. The van der Waals surface area contributed by atoms with Gasteiger partial charge in [0, 0.05) is 17.8 Å². The molecule has 1 aromatic heterocycles. The molecule has 2 aromatic carbocycles. The van der Waals surface area contributed by atoms with Crippen LogP contribution in [-0.2, 0) is 6.42 Å². The number of methoxy groups -OCH3 is 1. The maximum Gasteiger partial charge on any atom is 0.269 e. The third-order valence-electron chi connectivity index (χ3n) is 4.41. The first-order valence-electron chi connectivity index (χ1n) is 9.30. The maximum absolute atomic E-state index is 12.3. The second-order valence-electron chi connectivity index (χ2n) is 6.55. The third-order valence-corrected chi connectivity index (χ3v) is 4.41. The Hall–Kier alpha value is -3.67. The number of ketones is 1. The molecule has 0 bridgehead atoms. The van der Waals surface area contributed by atoms with Crippen LogP contribution in [0.3, 0.4) is 0 Å². The Kier molecular flexibility index (Phi) is 6.58. The molecule has 0 aliphatic carbocycles. The lowest BCUT2D eigenvalue weighted by Gasteiger charge is -2.08. The topological polar surface area (TPSA) is 80.3 Å². The Morgan fingerprint density at radius 1 is 1.00 bits per heavy atom. The standard InChI is InChI=1S/C23H23N3O3/c1-16(27)18-6-8-19(9-7-18)26-20-10-11-22(25-15-20)23(28)24-13-12-17-4-3-5-21(14-17)29-2/h3-11,14-15,26H,12-13H2,1-2H3,(H,24,28). The maximum atomic E-state index is 12.3. The van der Waals surface area contributed by atoms with Crippen molar-refractivity contribution in [3.8, 4) is 5.75 Å². The van der Waals surface area contributed by atoms with Crippen LogP contribution in [0.4, 0.5) is 11.4 Å². The van der Waals surface area contributed by atoms with E-state index in [4.69, 9.17) is 4.74 Å². The minimum absolute atomic E-state index is 0.0278. The highest BCUT2D eigenvalue weighted by Crippen LogP contribution is 2.17. The molecule has 1 heterocycles. The number of Topliss-reactive ketones (excluding diaryl/α,β-unsaturated/α-hetero) is 1. The van der Waals surface area contributed by atoms with E-state index in [1.54, 1.807) is 37.6 Å². The van der Waals surface area contributed by atoms with Gasteiger partial charge in [-0.3, -0.25) is 9.59 Å². The highest BCUT2D eigenvalue weighted by molar-refractivity contribution is 5.94. The summed E-state index contributed by atoms with van der Waals surface area (Å²) in [5.74, 6) is 0.611. The number of pyridine rings is 1. The molecule has 3 rings (SSSR count). The lowest BCUT2D eigenvalue weighted by molar-refractivity contribution is 0.0948. The molecule has 0 fully saturated rings. The summed E-state index contributed by atoms with van der Waals surface area (Å²) in [4.78, 5) is 27.8. The smallest absolute Gasteiger partial charge is 0.269 e. The highest BCUT2D eigenvalue weighted by atomic mass is 16.5. The number of anilines is 2. The fourth-order valence-electron chi connectivity index (χ4n) is 2.80. The SMILES string of the molecule is COc1cccc(CCNC(=O)c2ccc(Nc3ccc(C(C)=O)cc3)cn2)c1. The number of amides is 1. The number of carbonyl (C=O) groups is 2. The summed E-state index contributed by atoms with van der Waals surface area (Å²) >= 11 is 0. The van der Waals surface area contributed by atoms with Gasteiger partial charge >= 0.3 is 0 Å². The van der Waals surface area contributed by atoms with Gasteiger partial charge in [-0.1, -0.05) is 12.1 Å². The molecular weight excluding hydrogens is 366 g/mol. The highest BCUT2D eigenvalue weighted by Gasteiger charge is 2.07. The van der Waals surface area contributed by atoms with Crippen molar-refractivity contribution in [1.29, 1.82) is 0 Å². The fraction of sp³-hybridized carbons (Fsp3) is 0.174. The van der Waals surface area contributed by atoms with Crippen molar-refractivity contribution in [2.24, 2.45) is 0 Å². The number of nitrogens with one attached hydrogen (secondary N) is 2. The second-order valence-corrected chi connectivity index (χ2v) is 6.55. The summed E-state index contributed by atoms with van der Waals surface area (Å²) in [6.45, 7) is 2.04. The summed E-state index contributed by atoms with van der Waals surface area (Å²) in [7, 11) is 1.63. The zero-order chi connectivity index (χ0) is 20.6. The van der Waals surface area contributed by atoms with Gasteiger partial charge in [-0.05, 0) is 67.4 Å². The number of carbonyl (C=O) groups excluding carboxylic acids is 2. The van der Waals surface area contributed by atoms with Crippen molar-refractivity contribution in [3.63, 3.8) is 0 Å². The number of hydrogen-bond donors (Lipinski definition) is 2. The number of benzene rings is 2. The van der Waals surface area contributed by atoms with Gasteiger partial charge in [0.15, 0.2) is 5.78 Å². The molecule has 6 nitrogen and oxygen atoms in total. The van der Waals surface area contributed by atoms with E-state index in [0.29, 0.717) is 24.2 Å². The van der Waals surface area contributed by atoms with E-state index in [1.807, 2.05) is 36.4 Å². The monoisotopic (exact) mass is 389 g/mol. The Balaban J connectivity index is 1.52. The number of nitrogens with zero attached hydrogens (tertiary/aromatic N) is 1. The van der Waals surface area contributed by atoms with Crippen LogP contribution in [0.15, 0.2) is 66.9 Å². The Labute approximate surface area is 169 Å². The molecule has 0 unspecified atom stereocenters. The van der Waals surface area contributed by atoms with E-state index in [-0.39, 0.29) is 11.7 Å². The van der Waals surface area contributed by atoms with Crippen LogP contribution in [0.5, 0.6) is 5.75 Å². The number of hydrogen-bond acceptors (Lipinski definition) is 5. The molecule has 0 atom stereocenters. The fourth-order valence-corrected chi connectivity index (χ4v) is 2.80. The van der Waals surface area contributed by atoms with Crippen LogP contribution >= 0.6 is 0 Å². The summed E-state index contributed by atoms with van der Waals surface area (Å²) in [6.07, 6.45) is 2.31. The van der Waals surface area contributed by atoms with E-state index in [0.717, 1.165) is 22.7 Å². The normalized spacial score (nSPS) is 10.3. The summed E-state index contributed by atoms with van der Waals surface area (Å²) in [5, 5.41) is 6.07. The summed E-state index contributed by atoms with van der Waals surface area (Å²) in [5.41, 5.74) is 3.71. The average molecular weight is 389 g/mol. The molecule has 2 N–H and O–H groups in total. The zero-order valence-electron chi connectivity index (χ0n) is 16.4. The van der Waals surface area contributed by atoms with Gasteiger partial charge in [0.1, 0.15) is 11.4 Å². The van der Waals surface area contributed by atoms with Crippen molar-refractivity contribution in [2.75, 3.05) is 19.0 Å². The van der Waals surface area contributed by atoms with Gasteiger partial charge in [0.05, 0.1) is 19.0 Å². The van der Waals surface area contributed by atoms with E-state index in [9.17, 15) is 9.59 Å². The molecule has 1 amide bonds. The molecule has 0 aliphatic rings. The first-order valence-corrected chi connectivity index (χ1v) is 9.30. The third kappa shape index (κ3) is 5.65. The first kappa shape index (κ1) is 20.1. The molecular formula is C23H23N3O3. The minimum Gasteiger partial charge on any atom is -0.497 e. The van der Waals surface area contributed by atoms with Crippen molar-refractivity contribution >= 4 is 23.1 Å². The summed E-state index contributed by atoms with van der Waals surface area (Å²) in [6, 6.07) is 18.4. The van der Waals surface area contributed by atoms with Crippen molar-refractivity contribution < 1.29 is 14.3 Å². The predicted molar refractivity (Wildman–Crippen MR) is 113 cm³/mol. The van der Waals surface area contributed by atoms with Gasteiger partial charge in [0.25, 0.3) is 5.91 Å². The van der Waals surface area contributed by atoms with Gasteiger partial charge < -0.3 is 15.4 Å². The number of aromatic nitrogens is 1. The van der Waals surface area contributed by atoms with Crippen LogP contribution in [-0.4, -0.2) is 30.3 Å². The molecule has 0 saturated heterocycles. The van der Waals surface area contributed by atoms with Gasteiger partial charge in [-0.25, -0.2) is 4.98 Å². The molecule has 3 aromatic rings. The van der Waals surface area contributed by atoms with Gasteiger partial charge in [-0.15, -0.1) is 0 Å².